The topological polar surface area (TPSA) is 47.3 Å². The van der Waals surface area contributed by atoms with Crippen LogP contribution in [0.1, 0.15) is 18.2 Å². The fraction of sp³-hybridized carbons (Fsp3) is 0.192. The molecule has 0 radical (unpaired) electrons. The van der Waals surface area contributed by atoms with Crippen molar-refractivity contribution in [2.45, 2.75) is 25.6 Å². The van der Waals surface area contributed by atoms with Crippen LogP contribution in [-0.4, -0.2) is 33.3 Å². The molecule has 4 nitrogen and oxygen atoms in total. The summed E-state index contributed by atoms with van der Waals surface area (Å²) in [6.45, 7) is 1.86. The Balaban J connectivity index is 1.65. The molecule has 0 saturated carbocycles. The Morgan fingerprint density at radius 2 is 1.71 bits per heavy atom. The highest BCUT2D eigenvalue weighted by atomic mass is 19.4. The minimum absolute atomic E-state index is 0.244. The van der Waals surface area contributed by atoms with Gasteiger partial charge in [-0.3, -0.25) is 0 Å². The van der Waals surface area contributed by atoms with Crippen LogP contribution in [0.2, 0.25) is 0 Å². The van der Waals surface area contributed by atoms with E-state index in [1.54, 1.807) is 31.2 Å². The van der Waals surface area contributed by atoms with Gasteiger partial charge in [0.25, 0.3) is 0 Å². The number of hydrogen-bond donors (Lipinski definition) is 1. The van der Waals surface area contributed by atoms with Gasteiger partial charge in [-0.15, -0.1) is 0 Å². The lowest BCUT2D eigenvalue weighted by Gasteiger charge is -2.31. The number of alkyl halides is 3. The number of halogens is 4. The van der Waals surface area contributed by atoms with Gasteiger partial charge in [0.2, 0.25) is 5.60 Å². The number of rotatable bonds is 6. The lowest BCUT2D eigenvalue weighted by Crippen LogP contribution is -2.51. The first-order valence-electron chi connectivity index (χ1n) is 10.5. The van der Waals surface area contributed by atoms with Crippen LogP contribution in [0, 0.1) is 12.7 Å². The summed E-state index contributed by atoms with van der Waals surface area (Å²) < 4.78 is 62.4. The fourth-order valence-electron chi connectivity index (χ4n) is 3.68. The number of aliphatic hydroxyl groups is 1. The molecule has 0 amide bonds. The minimum Gasteiger partial charge on any atom is -0.489 e. The summed E-state index contributed by atoms with van der Waals surface area (Å²) in [6.07, 6.45) is -2.36. The molecule has 176 valence electrons. The molecule has 3 aromatic carbocycles. The predicted octanol–water partition coefficient (Wildman–Crippen LogP) is 6.25. The first kappa shape index (κ1) is 23.5. The summed E-state index contributed by atoms with van der Waals surface area (Å²) in [5.41, 5.74) is -2.10. The molecular formula is C26H22F4N2O2. The van der Waals surface area contributed by atoms with E-state index in [1.807, 2.05) is 18.2 Å². The van der Waals surface area contributed by atoms with E-state index in [1.165, 1.54) is 48.1 Å². The molecule has 0 aliphatic rings. The highest BCUT2D eigenvalue weighted by Gasteiger charge is 2.56. The lowest BCUT2D eigenvalue weighted by atomic mass is 9.93. The van der Waals surface area contributed by atoms with Gasteiger partial charge < -0.3 is 9.84 Å². The lowest BCUT2D eigenvalue weighted by molar-refractivity contribution is -0.251. The summed E-state index contributed by atoms with van der Waals surface area (Å²) in [7, 11) is 0. The SMILES string of the molecule is C/C(=C\c1cnn(-c2ccc(F)cc2)c1C)C(O)(COc1cccc2ccccc12)C(F)(F)F. The number of fused-ring (bicyclic) bond motifs is 1. The van der Waals surface area contributed by atoms with Gasteiger partial charge in [0.15, 0.2) is 0 Å². The first-order valence-corrected chi connectivity index (χ1v) is 10.5. The van der Waals surface area contributed by atoms with Crippen LogP contribution in [0.15, 0.2) is 78.5 Å². The molecule has 0 fully saturated rings. The van der Waals surface area contributed by atoms with Crippen molar-refractivity contribution < 1.29 is 27.4 Å². The van der Waals surface area contributed by atoms with E-state index in [0.717, 1.165) is 5.39 Å². The second kappa shape index (κ2) is 8.95. The third-order valence-electron chi connectivity index (χ3n) is 5.80. The van der Waals surface area contributed by atoms with E-state index < -0.39 is 24.2 Å². The molecule has 1 atom stereocenters. The molecule has 0 saturated heterocycles. The molecule has 1 N–H and O–H groups in total. The summed E-state index contributed by atoms with van der Waals surface area (Å²) in [4.78, 5) is 0. The zero-order chi connectivity index (χ0) is 24.5. The number of ether oxygens (including phenoxy) is 1. The molecule has 1 heterocycles. The Hall–Kier alpha value is -3.65. The fourth-order valence-corrected chi connectivity index (χ4v) is 3.68. The van der Waals surface area contributed by atoms with Gasteiger partial charge in [-0.05, 0) is 61.2 Å². The van der Waals surface area contributed by atoms with Gasteiger partial charge in [-0.1, -0.05) is 36.4 Å². The Kier molecular flexibility index (Phi) is 6.18. The second-order valence-electron chi connectivity index (χ2n) is 8.02. The maximum absolute atomic E-state index is 14.1. The Bertz CT molecular complexity index is 1340. The van der Waals surface area contributed by atoms with Crippen molar-refractivity contribution in [1.29, 1.82) is 0 Å². The summed E-state index contributed by atoms with van der Waals surface area (Å²) in [5.74, 6) is -0.167. The van der Waals surface area contributed by atoms with Crippen LogP contribution in [0.5, 0.6) is 5.75 Å². The zero-order valence-electron chi connectivity index (χ0n) is 18.5. The van der Waals surface area contributed by atoms with E-state index in [4.69, 9.17) is 4.74 Å². The van der Waals surface area contributed by atoms with Crippen LogP contribution < -0.4 is 4.74 Å². The third kappa shape index (κ3) is 4.41. The maximum atomic E-state index is 14.1. The van der Waals surface area contributed by atoms with E-state index in [-0.39, 0.29) is 11.3 Å². The molecule has 1 aromatic heterocycles. The van der Waals surface area contributed by atoms with Crippen LogP contribution >= 0.6 is 0 Å². The highest BCUT2D eigenvalue weighted by molar-refractivity contribution is 5.88. The van der Waals surface area contributed by atoms with Crippen molar-refractivity contribution in [2.75, 3.05) is 6.61 Å². The number of nitrogens with zero attached hydrogens (tertiary/aromatic N) is 2. The molecule has 0 aliphatic heterocycles. The molecule has 0 spiro atoms. The van der Waals surface area contributed by atoms with E-state index in [9.17, 15) is 22.7 Å². The minimum atomic E-state index is -4.99. The zero-order valence-corrected chi connectivity index (χ0v) is 18.5. The first-order chi connectivity index (χ1) is 16.1. The van der Waals surface area contributed by atoms with Crippen LogP contribution in [-0.2, 0) is 0 Å². The van der Waals surface area contributed by atoms with Crippen molar-refractivity contribution in [2.24, 2.45) is 0 Å². The summed E-state index contributed by atoms with van der Waals surface area (Å²) in [6, 6.07) is 17.8. The Morgan fingerprint density at radius 1 is 1.03 bits per heavy atom. The van der Waals surface area contributed by atoms with Gasteiger partial charge in [-0.25, -0.2) is 9.07 Å². The highest BCUT2D eigenvalue weighted by Crippen LogP contribution is 2.38. The van der Waals surface area contributed by atoms with E-state index >= 15 is 0 Å². The Labute approximate surface area is 193 Å². The van der Waals surface area contributed by atoms with Crippen molar-refractivity contribution in [3.05, 3.63) is 95.6 Å². The van der Waals surface area contributed by atoms with Gasteiger partial charge in [0.1, 0.15) is 18.2 Å². The van der Waals surface area contributed by atoms with Gasteiger partial charge in [0, 0.05) is 16.6 Å². The molecule has 0 bridgehead atoms. The maximum Gasteiger partial charge on any atom is 0.424 e. The normalized spacial score (nSPS) is 14.3. The van der Waals surface area contributed by atoms with Crippen molar-refractivity contribution in [1.82, 2.24) is 9.78 Å². The molecular weight excluding hydrogens is 448 g/mol. The van der Waals surface area contributed by atoms with E-state index in [0.29, 0.717) is 22.3 Å². The molecule has 4 rings (SSSR count). The average Bonchev–Trinajstić information content (AvgIpc) is 3.17. The molecule has 1 unspecified atom stereocenters. The van der Waals surface area contributed by atoms with Gasteiger partial charge in [0.05, 0.1) is 11.9 Å². The van der Waals surface area contributed by atoms with Gasteiger partial charge >= 0.3 is 6.18 Å². The number of aromatic nitrogens is 2. The average molecular weight is 470 g/mol. The molecule has 4 aromatic rings. The van der Waals surface area contributed by atoms with Crippen LogP contribution in [0.25, 0.3) is 22.5 Å². The Morgan fingerprint density at radius 3 is 2.41 bits per heavy atom. The summed E-state index contributed by atoms with van der Waals surface area (Å²) in [5, 5.41) is 16.4. The van der Waals surface area contributed by atoms with Crippen molar-refractivity contribution >= 4 is 16.8 Å². The largest absolute Gasteiger partial charge is 0.489 e. The summed E-state index contributed by atoms with van der Waals surface area (Å²) >= 11 is 0. The van der Waals surface area contributed by atoms with Crippen LogP contribution in [0.3, 0.4) is 0 Å². The molecule has 34 heavy (non-hydrogen) atoms. The predicted molar refractivity (Wildman–Crippen MR) is 122 cm³/mol. The monoisotopic (exact) mass is 470 g/mol. The number of benzene rings is 3. The quantitative estimate of drug-likeness (QED) is 0.339. The number of hydrogen-bond acceptors (Lipinski definition) is 3. The van der Waals surface area contributed by atoms with E-state index in [2.05, 4.69) is 5.10 Å². The molecule has 8 heteroatoms. The van der Waals surface area contributed by atoms with Crippen molar-refractivity contribution in [3.63, 3.8) is 0 Å². The van der Waals surface area contributed by atoms with Gasteiger partial charge in [-0.2, -0.15) is 18.3 Å². The van der Waals surface area contributed by atoms with Crippen LogP contribution in [0.4, 0.5) is 17.6 Å². The second-order valence-corrected chi connectivity index (χ2v) is 8.02. The standard InChI is InChI=1S/C26H22F4N2O2/c1-17(14-20-15-31-32(18(20)2)22-12-10-21(27)11-13-22)25(33,26(28,29)30)16-34-24-9-5-7-19-6-3-4-8-23(19)24/h3-15,33H,16H2,1-2H3/b17-14+. The third-order valence-corrected chi connectivity index (χ3v) is 5.80. The smallest absolute Gasteiger partial charge is 0.424 e. The van der Waals surface area contributed by atoms with Crippen molar-refractivity contribution in [3.8, 4) is 11.4 Å². The molecule has 0 aliphatic carbocycles.